The van der Waals surface area contributed by atoms with E-state index < -0.39 is 29.7 Å². The first kappa shape index (κ1) is 31.6. The first-order valence-corrected chi connectivity index (χ1v) is 16.8. The molecular weight excluding hydrogens is 614 g/mol. The zero-order chi connectivity index (χ0) is 33.4. The number of carbonyl (C=O) groups excluding carboxylic acids is 5. The van der Waals surface area contributed by atoms with Crippen molar-refractivity contribution >= 4 is 29.5 Å². The van der Waals surface area contributed by atoms with Crippen molar-refractivity contribution in [3.05, 3.63) is 82.2 Å². The fourth-order valence-electron chi connectivity index (χ4n) is 7.41. The lowest BCUT2D eigenvalue weighted by Gasteiger charge is -2.42. The van der Waals surface area contributed by atoms with Crippen molar-refractivity contribution < 1.29 is 33.2 Å². The number of rotatable bonds is 10. The molecule has 0 spiro atoms. The number of imide groups is 1. The number of fused-ring (bicyclic) bond motifs is 2. The summed E-state index contributed by atoms with van der Waals surface area (Å²) in [5, 5.41) is 9.44. The molecule has 0 saturated heterocycles. The van der Waals surface area contributed by atoms with Crippen molar-refractivity contribution in [1.82, 2.24) is 25.6 Å². The van der Waals surface area contributed by atoms with Crippen LogP contribution < -0.4 is 15.4 Å². The van der Waals surface area contributed by atoms with Crippen LogP contribution in [0.3, 0.4) is 0 Å². The number of nitrogens with one attached hydrogen (secondary N) is 2. The number of nitrogens with zero attached hydrogens (tertiary/aromatic N) is 3. The first-order valence-electron chi connectivity index (χ1n) is 16.8. The number of aromatic nitrogens is 1. The number of ether oxygens (including phenoxy) is 1. The van der Waals surface area contributed by atoms with Gasteiger partial charge in [-0.15, -0.1) is 0 Å². The van der Waals surface area contributed by atoms with Gasteiger partial charge in [0.15, 0.2) is 5.69 Å². The first-order chi connectivity index (χ1) is 23.4. The average molecular weight is 654 g/mol. The minimum atomic E-state index is -0.697. The normalized spacial score (nSPS) is 21.8. The van der Waals surface area contributed by atoms with Crippen LogP contribution in [0.15, 0.2) is 53.1 Å². The molecule has 12 nitrogen and oxygen atoms in total. The van der Waals surface area contributed by atoms with Crippen LogP contribution in [0, 0.1) is 11.8 Å². The molecular formula is C36H39N5O7. The molecule has 7 rings (SSSR count). The van der Waals surface area contributed by atoms with Gasteiger partial charge in [0, 0.05) is 43.0 Å². The van der Waals surface area contributed by atoms with Gasteiger partial charge < -0.3 is 24.8 Å². The second kappa shape index (κ2) is 13.2. The Morgan fingerprint density at radius 2 is 1.69 bits per heavy atom. The van der Waals surface area contributed by atoms with E-state index in [1.165, 1.54) is 4.90 Å². The molecule has 1 unspecified atom stereocenters. The molecule has 1 aromatic heterocycles. The highest BCUT2D eigenvalue weighted by Gasteiger charge is 2.45. The third kappa shape index (κ3) is 5.95. The predicted molar refractivity (Wildman–Crippen MR) is 172 cm³/mol. The third-order valence-electron chi connectivity index (χ3n) is 10.1. The Morgan fingerprint density at radius 3 is 2.40 bits per heavy atom. The van der Waals surface area contributed by atoms with Crippen molar-refractivity contribution in [3.63, 3.8) is 0 Å². The molecule has 2 fully saturated rings. The average Bonchev–Trinajstić information content (AvgIpc) is 3.80. The third-order valence-corrected chi connectivity index (χ3v) is 10.1. The molecule has 2 N–H and O–H groups in total. The summed E-state index contributed by atoms with van der Waals surface area (Å²) in [5.74, 6) is -0.858. The van der Waals surface area contributed by atoms with Gasteiger partial charge in [-0.2, -0.15) is 0 Å². The second-order valence-electron chi connectivity index (χ2n) is 13.0. The molecule has 48 heavy (non-hydrogen) atoms. The van der Waals surface area contributed by atoms with Gasteiger partial charge in [-0.3, -0.25) is 28.9 Å². The molecule has 3 aromatic rings. The summed E-state index contributed by atoms with van der Waals surface area (Å²) in [6.07, 6.45) is 5.55. The van der Waals surface area contributed by atoms with E-state index in [1.807, 2.05) is 12.1 Å². The van der Waals surface area contributed by atoms with Crippen LogP contribution in [-0.2, 0) is 16.0 Å². The van der Waals surface area contributed by atoms with E-state index in [9.17, 15) is 24.0 Å². The lowest BCUT2D eigenvalue weighted by molar-refractivity contribution is -0.146. The van der Waals surface area contributed by atoms with Gasteiger partial charge in [-0.25, -0.2) is 0 Å². The van der Waals surface area contributed by atoms with E-state index in [4.69, 9.17) is 9.26 Å². The summed E-state index contributed by atoms with van der Waals surface area (Å²) in [6, 6.07) is 13.3. The fraction of sp³-hybridized carbons (Fsp3) is 0.444. The maximum absolute atomic E-state index is 14.4. The molecule has 2 aliphatic heterocycles. The Hall–Kier alpha value is -5.00. The minimum absolute atomic E-state index is 0.0605. The van der Waals surface area contributed by atoms with Crippen molar-refractivity contribution in [2.75, 3.05) is 33.3 Å². The van der Waals surface area contributed by atoms with Gasteiger partial charge in [0.05, 0.1) is 30.3 Å². The van der Waals surface area contributed by atoms with Gasteiger partial charge in [-0.1, -0.05) is 42.3 Å². The Labute approximate surface area is 278 Å². The van der Waals surface area contributed by atoms with Gasteiger partial charge in [-0.05, 0) is 55.9 Å². The van der Waals surface area contributed by atoms with E-state index in [1.54, 1.807) is 48.3 Å². The number of benzene rings is 2. The summed E-state index contributed by atoms with van der Waals surface area (Å²) in [4.78, 5) is 70.0. The molecule has 4 aliphatic rings. The Balaban J connectivity index is 1.14. The zero-order valence-corrected chi connectivity index (χ0v) is 26.9. The molecule has 250 valence electrons. The summed E-state index contributed by atoms with van der Waals surface area (Å²) in [7, 11) is 1.59. The lowest BCUT2D eigenvalue weighted by atomic mass is 9.77. The molecule has 5 amide bonds. The second-order valence-corrected chi connectivity index (χ2v) is 13.0. The number of hydrogen-bond donors (Lipinski definition) is 2. The number of carbonyl (C=O) groups is 5. The van der Waals surface area contributed by atoms with Crippen LogP contribution in [0.5, 0.6) is 5.75 Å². The van der Waals surface area contributed by atoms with Crippen LogP contribution in [0.4, 0.5) is 0 Å². The standard InChI is InChI=1S/C36H39N5O7/c1-37-32(42)23-8-2-3-9-24(23)34(44)40-17-15-22-7-6-12-29(47-18-16-38-33(43)27-19-30(48-39-27)21-13-14-21)31(22)28(40)20-41-35(45)25-10-4-5-11-26(25)36(41)46/h4-7,10-12,19,21,23-24,28H,2-3,8-9,13-18,20H2,1H3,(H,37,42)(H,38,43)/t23-,24+,28?/m0/s1. The van der Waals surface area contributed by atoms with Crippen LogP contribution in [0.2, 0.25) is 0 Å². The monoisotopic (exact) mass is 653 g/mol. The van der Waals surface area contributed by atoms with Crippen LogP contribution in [0.1, 0.15) is 98.6 Å². The largest absolute Gasteiger partial charge is 0.491 e. The quantitative estimate of drug-likeness (QED) is 0.249. The van der Waals surface area contributed by atoms with Crippen molar-refractivity contribution in [2.24, 2.45) is 11.8 Å². The Morgan fingerprint density at radius 1 is 0.958 bits per heavy atom. The van der Waals surface area contributed by atoms with E-state index in [2.05, 4.69) is 15.8 Å². The molecule has 2 aliphatic carbocycles. The minimum Gasteiger partial charge on any atom is -0.491 e. The topological polar surface area (TPSA) is 151 Å². The van der Waals surface area contributed by atoms with Gasteiger partial charge in [0.1, 0.15) is 18.1 Å². The van der Waals surface area contributed by atoms with Crippen LogP contribution >= 0.6 is 0 Å². The summed E-state index contributed by atoms with van der Waals surface area (Å²) >= 11 is 0. The van der Waals surface area contributed by atoms with Gasteiger partial charge in [0.25, 0.3) is 17.7 Å². The van der Waals surface area contributed by atoms with Crippen LogP contribution in [-0.4, -0.2) is 77.8 Å². The highest BCUT2D eigenvalue weighted by molar-refractivity contribution is 6.21. The smallest absolute Gasteiger partial charge is 0.273 e. The summed E-state index contributed by atoms with van der Waals surface area (Å²) in [6.45, 7) is 0.631. The fourth-order valence-corrected chi connectivity index (χ4v) is 7.41. The van der Waals surface area contributed by atoms with Crippen LogP contribution in [0.25, 0.3) is 0 Å². The number of amides is 5. The highest BCUT2D eigenvalue weighted by atomic mass is 16.5. The Bertz CT molecular complexity index is 1730. The van der Waals surface area contributed by atoms with Crippen molar-refractivity contribution in [3.8, 4) is 5.75 Å². The maximum Gasteiger partial charge on any atom is 0.273 e. The lowest BCUT2D eigenvalue weighted by Crippen LogP contribution is -2.51. The molecule has 0 bridgehead atoms. The molecule has 0 radical (unpaired) electrons. The molecule has 3 heterocycles. The number of hydrogen-bond acceptors (Lipinski definition) is 8. The van der Waals surface area contributed by atoms with E-state index in [-0.39, 0.29) is 43.1 Å². The predicted octanol–water partition coefficient (Wildman–Crippen LogP) is 3.64. The maximum atomic E-state index is 14.4. The summed E-state index contributed by atoms with van der Waals surface area (Å²) in [5.41, 5.74) is 2.56. The van der Waals surface area contributed by atoms with E-state index in [0.29, 0.717) is 48.6 Å². The van der Waals surface area contributed by atoms with Crippen molar-refractivity contribution in [2.45, 2.75) is 56.9 Å². The molecule has 2 saturated carbocycles. The van der Waals surface area contributed by atoms with E-state index in [0.717, 1.165) is 42.6 Å². The Kier molecular flexibility index (Phi) is 8.72. The van der Waals surface area contributed by atoms with Gasteiger partial charge in [0.2, 0.25) is 11.8 Å². The van der Waals surface area contributed by atoms with Gasteiger partial charge >= 0.3 is 0 Å². The van der Waals surface area contributed by atoms with Crippen molar-refractivity contribution in [1.29, 1.82) is 0 Å². The van der Waals surface area contributed by atoms with E-state index >= 15 is 0 Å². The summed E-state index contributed by atoms with van der Waals surface area (Å²) < 4.78 is 11.6. The zero-order valence-electron chi connectivity index (χ0n) is 26.9. The molecule has 12 heteroatoms. The SMILES string of the molecule is CNC(=O)[C@H]1CCCC[C@H]1C(=O)N1CCc2cccc(OCCNC(=O)c3cc(C4CC4)on3)c2C1CN1C(=O)c2ccccc2C1=O. The highest BCUT2D eigenvalue weighted by Crippen LogP contribution is 2.42. The molecule has 3 atom stereocenters. The molecule has 2 aromatic carbocycles.